The Bertz CT molecular complexity index is 1410. The summed E-state index contributed by atoms with van der Waals surface area (Å²) in [5.41, 5.74) is 5.13. The monoisotopic (exact) mass is 455 g/mol. The standard InChI is InChI=1S/C27H29N5O2/c1-5-8-25-24(26(33)31(18(2)17-34-4)27-29-19(3)30-32(25)27)15-20-11-13-21(14-12-20)23-10-7-6-9-22(23)16-28/h6-7,9-14,18H,5,8,15,17H2,1-4H3. The molecule has 4 rings (SSSR count). The van der Waals surface area contributed by atoms with Crippen molar-refractivity contribution in [1.29, 1.82) is 5.26 Å². The summed E-state index contributed by atoms with van der Waals surface area (Å²) >= 11 is 0. The molecule has 0 bridgehead atoms. The van der Waals surface area contributed by atoms with Crippen LogP contribution in [0.5, 0.6) is 0 Å². The normalized spacial score (nSPS) is 12.1. The fourth-order valence-electron chi connectivity index (χ4n) is 4.45. The molecule has 7 heteroatoms. The molecule has 34 heavy (non-hydrogen) atoms. The molecule has 0 fully saturated rings. The average molecular weight is 456 g/mol. The Morgan fingerprint density at radius 3 is 2.56 bits per heavy atom. The second-order valence-corrected chi connectivity index (χ2v) is 8.56. The first-order chi connectivity index (χ1) is 16.5. The van der Waals surface area contributed by atoms with Gasteiger partial charge in [-0.05, 0) is 43.0 Å². The summed E-state index contributed by atoms with van der Waals surface area (Å²) in [6.45, 7) is 6.30. The lowest BCUT2D eigenvalue weighted by atomic mass is 9.97. The SMILES string of the molecule is CCCc1c(Cc2ccc(-c3ccccc3C#N)cc2)c(=O)n(C(C)COC)c2nc(C)nn12. The molecule has 0 aliphatic carbocycles. The topological polar surface area (TPSA) is 85.2 Å². The minimum absolute atomic E-state index is 0.0493. The van der Waals surface area contributed by atoms with Crippen molar-refractivity contribution < 1.29 is 4.74 Å². The van der Waals surface area contributed by atoms with Gasteiger partial charge in [0.2, 0.25) is 5.78 Å². The van der Waals surface area contributed by atoms with Crippen LogP contribution in [0.25, 0.3) is 16.9 Å². The van der Waals surface area contributed by atoms with Crippen LogP contribution in [0.2, 0.25) is 0 Å². The number of aromatic nitrogens is 4. The van der Waals surface area contributed by atoms with Crippen LogP contribution in [0, 0.1) is 18.3 Å². The van der Waals surface area contributed by atoms with Gasteiger partial charge in [0.1, 0.15) is 5.82 Å². The Balaban J connectivity index is 1.81. The van der Waals surface area contributed by atoms with E-state index in [1.807, 2.05) is 66.9 Å². The van der Waals surface area contributed by atoms with E-state index in [1.165, 1.54) is 0 Å². The number of fused-ring (bicyclic) bond motifs is 1. The van der Waals surface area contributed by atoms with E-state index in [2.05, 4.69) is 23.1 Å². The van der Waals surface area contributed by atoms with Gasteiger partial charge in [-0.3, -0.25) is 9.36 Å². The van der Waals surface area contributed by atoms with Crippen LogP contribution >= 0.6 is 0 Å². The lowest BCUT2D eigenvalue weighted by molar-refractivity contribution is 0.161. The lowest BCUT2D eigenvalue weighted by Gasteiger charge is -2.19. The molecule has 2 aromatic heterocycles. The van der Waals surface area contributed by atoms with Gasteiger partial charge in [0.05, 0.1) is 30.0 Å². The Morgan fingerprint density at radius 2 is 1.88 bits per heavy atom. The van der Waals surface area contributed by atoms with E-state index in [4.69, 9.17) is 4.74 Å². The summed E-state index contributed by atoms with van der Waals surface area (Å²) in [5, 5.41) is 14.1. The molecule has 0 N–H and O–H groups in total. The zero-order valence-electron chi connectivity index (χ0n) is 20.1. The third kappa shape index (κ3) is 4.37. The van der Waals surface area contributed by atoms with Crippen molar-refractivity contribution >= 4 is 5.78 Å². The van der Waals surface area contributed by atoms with Gasteiger partial charge in [0, 0.05) is 19.1 Å². The van der Waals surface area contributed by atoms with Gasteiger partial charge in [-0.2, -0.15) is 15.3 Å². The van der Waals surface area contributed by atoms with Crippen LogP contribution in [-0.2, 0) is 17.6 Å². The van der Waals surface area contributed by atoms with Crippen LogP contribution in [-0.4, -0.2) is 32.9 Å². The lowest BCUT2D eigenvalue weighted by Crippen LogP contribution is -2.33. The van der Waals surface area contributed by atoms with Crippen LogP contribution in [0.4, 0.5) is 0 Å². The van der Waals surface area contributed by atoms with E-state index in [-0.39, 0.29) is 11.6 Å². The molecule has 0 aliphatic rings. The summed E-state index contributed by atoms with van der Waals surface area (Å²) in [6, 6.07) is 17.7. The van der Waals surface area contributed by atoms with E-state index < -0.39 is 0 Å². The number of methoxy groups -OCH3 is 1. The number of hydrogen-bond acceptors (Lipinski definition) is 5. The highest BCUT2D eigenvalue weighted by atomic mass is 16.5. The van der Waals surface area contributed by atoms with Crippen LogP contribution in [0.15, 0.2) is 53.3 Å². The van der Waals surface area contributed by atoms with Crippen molar-refractivity contribution in [3.63, 3.8) is 0 Å². The molecule has 0 spiro atoms. The maximum atomic E-state index is 13.8. The minimum atomic E-state index is -0.178. The largest absolute Gasteiger partial charge is 0.383 e. The Kier molecular flexibility index (Phi) is 6.90. The summed E-state index contributed by atoms with van der Waals surface area (Å²) in [7, 11) is 1.63. The van der Waals surface area contributed by atoms with Crippen LogP contribution in [0.3, 0.4) is 0 Å². The first-order valence-electron chi connectivity index (χ1n) is 11.6. The number of rotatable bonds is 8. The van der Waals surface area contributed by atoms with Gasteiger partial charge >= 0.3 is 0 Å². The maximum Gasteiger partial charge on any atom is 0.259 e. The number of benzene rings is 2. The molecule has 2 heterocycles. The van der Waals surface area contributed by atoms with Gasteiger partial charge in [0.15, 0.2) is 0 Å². The molecule has 0 saturated carbocycles. The summed E-state index contributed by atoms with van der Waals surface area (Å²) in [6.07, 6.45) is 2.11. The van der Waals surface area contributed by atoms with Gasteiger partial charge in [-0.1, -0.05) is 55.8 Å². The number of nitrogens with zero attached hydrogens (tertiary/aromatic N) is 5. The highest BCUT2D eigenvalue weighted by molar-refractivity contribution is 5.70. The van der Waals surface area contributed by atoms with Crippen LogP contribution < -0.4 is 5.56 Å². The first kappa shape index (κ1) is 23.4. The minimum Gasteiger partial charge on any atom is -0.383 e. The summed E-state index contributed by atoms with van der Waals surface area (Å²) in [4.78, 5) is 18.3. The van der Waals surface area contributed by atoms with E-state index in [1.54, 1.807) is 11.7 Å². The number of hydrogen-bond donors (Lipinski definition) is 0. The third-order valence-electron chi connectivity index (χ3n) is 6.02. The van der Waals surface area contributed by atoms with Crippen molar-refractivity contribution in [3.05, 3.63) is 87.1 Å². The molecular weight excluding hydrogens is 426 g/mol. The Hall–Kier alpha value is -3.76. The Labute approximate surface area is 199 Å². The van der Waals surface area contributed by atoms with Gasteiger partial charge in [-0.25, -0.2) is 4.52 Å². The van der Waals surface area contributed by atoms with Crippen molar-refractivity contribution in [3.8, 4) is 17.2 Å². The van der Waals surface area contributed by atoms with Crippen molar-refractivity contribution in [2.75, 3.05) is 13.7 Å². The zero-order chi connectivity index (χ0) is 24.2. The second-order valence-electron chi connectivity index (χ2n) is 8.56. The molecule has 0 saturated heterocycles. The predicted octanol–water partition coefficient (Wildman–Crippen LogP) is 4.49. The molecule has 7 nitrogen and oxygen atoms in total. The molecule has 4 aromatic rings. The zero-order valence-corrected chi connectivity index (χ0v) is 20.1. The van der Waals surface area contributed by atoms with Gasteiger partial charge in [0.25, 0.3) is 5.56 Å². The maximum absolute atomic E-state index is 13.8. The quantitative estimate of drug-likeness (QED) is 0.391. The summed E-state index contributed by atoms with van der Waals surface area (Å²) in [5.74, 6) is 1.19. The molecule has 0 aliphatic heterocycles. The highest BCUT2D eigenvalue weighted by Crippen LogP contribution is 2.25. The molecule has 174 valence electrons. The molecule has 1 unspecified atom stereocenters. The fraction of sp³-hybridized carbons (Fsp3) is 0.333. The number of nitriles is 1. The molecular formula is C27H29N5O2. The smallest absolute Gasteiger partial charge is 0.259 e. The van der Waals surface area contributed by atoms with E-state index >= 15 is 0 Å². The molecule has 0 amide bonds. The third-order valence-corrected chi connectivity index (χ3v) is 6.02. The fourth-order valence-corrected chi connectivity index (χ4v) is 4.45. The van der Waals surface area contributed by atoms with Crippen molar-refractivity contribution in [2.24, 2.45) is 0 Å². The molecule has 0 radical (unpaired) electrons. The number of aryl methyl sites for hydroxylation is 2. The van der Waals surface area contributed by atoms with Crippen LogP contribution in [0.1, 0.15) is 54.5 Å². The van der Waals surface area contributed by atoms with E-state index in [9.17, 15) is 10.1 Å². The number of ether oxygens (including phenoxy) is 1. The van der Waals surface area contributed by atoms with E-state index in [0.717, 1.165) is 40.8 Å². The summed E-state index contributed by atoms with van der Waals surface area (Å²) < 4.78 is 8.88. The Morgan fingerprint density at radius 1 is 1.15 bits per heavy atom. The predicted molar refractivity (Wildman–Crippen MR) is 132 cm³/mol. The van der Waals surface area contributed by atoms with Gasteiger partial charge < -0.3 is 4.74 Å². The average Bonchev–Trinajstić information content (AvgIpc) is 3.22. The van der Waals surface area contributed by atoms with E-state index in [0.29, 0.717) is 30.2 Å². The first-order valence-corrected chi connectivity index (χ1v) is 11.6. The molecule has 1 atom stereocenters. The second kappa shape index (κ2) is 10.0. The molecule has 2 aromatic carbocycles. The van der Waals surface area contributed by atoms with Crippen molar-refractivity contribution in [1.82, 2.24) is 19.2 Å². The van der Waals surface area contributed by atoms with Crippen molar-refractivity contribution in [2.45, 2.75) is 46.1 Å². The van der Waals surface area contributed by atoms with Gasteiger partial charge in [-0.15, -0.1) is 0 Å². The highest BCUT2D eigenvalue weighted by Gasteiger charge is 2.22.